The molecule has 0 bridgehead atoms. The van der Waals surface area contributed by atoms with Crippen molar-refractivity contribution in [3.05, 3.63) is 107 Å². The third-order valence-corrected chi connectivity index (χ3v) is 5.57. The molecule has 4 rings (SSSR count). The van der Waals surface area contributed by atoms with E-state index < -0.39 is 5.91 Å². The van der Waals surface area contributed by atoms with Gasteiger partial charge in [0.2, 0.25) is 0 Å². The number of hydrogen-bond donors (Lipinski definition) is 2. The van der Waals surface area contributed by atoms with Gasteiger partial charge in [0.1, 0.15) is 5.76 Å². The number of carbonyl (C=O) groups is 2. The molecule has 0 saturated carbocycles. The number of hydrogen-bond acceptors (Lipinski definition) is 3. The monoisotopic (exact) mass is 472 g/mol. The highest BCUT2D eigenvalue weighted by atomic mass is 35.5. The zero-order valence-electron chi connectivity index (χ0n) is 19.2. The van der Waals surface area contributed by atoms with Gasteiger partial charge in [-0.15, -0.1) is 0 Å². The summed E-state index contributed by atoms with van der Waals surface area (Å²) in [7, 11) is 0. The number of benzene rings is 3. The molecule has 0 spiro atoms. The van der Waals surface area contributed by atoms with Gasteiger partial charge < -0.3 is 15.1 Å². The summed E-state index contributed by atoms with van der Waals surface area (Å²) >= 11 is 6.04. The SMILES string of the molecule is CC(C)(C)c1ccc(C(=O)Nc2cccc(NC(=O)c3ccc(-c4cccc(Cl)c4)o3)c2)cc1. The molecule has 0 saturated heterocycles. The van der Waals surface area contributed by atoms with Crippen LogP contribution in [0, 0.1) is 0 Å². The minimum absolute atomic E-state index is 0.0183. The molecule has 0 unspecified atom stereocenters. The molecular weight excluding hydrogens is 448 g/mol. The average molecular weight is 473 g/mol. The summed E-state index contributed by atoms with van der Waals surface area (Å²) in [6, 6.07) is 25.1. The second-order valence-corrected chi connectivity index (χ2v) is 9.43. The first-order chi connectivity index (χ1) is 16.2. The average Bonchev–Trinajstić information content (AvgIpc) is 3.29. The molecular formula is C28H25ClN2O3. The molecule has 6 heteroatoms. The van der Waals surface area contributed by atoms with Crippen LogP contribution in [0.15, 0.2) is 89.3 Å². The molecule has 0 aliphatic carbocycles. The lowest BCUT2D eigenvalue weighted by molar-refractivity contribution is 0.0995. The quantitative estimate of drug-likeness (QED) is 0.318. The molecule has 1 aromatic heterocycles. The van der Waals surface area contributed by atoms with Gasteiger partial charge in [-0.25, -0.2) is 0 Å². The van der Waals surface area contributed by atoms with Crippen LogP contribution in [0.4, 0.5) is 11.4 Å². The Labute approximate surface area is 203 Å². The third kappa shape index (κ3) is 5.56. The Hall–Kier alpha value is -3.83. The smallest absolute Gasteiger partial charge is 0.291 e. The lowest BCUT2D eigenvalue weighted by atomic mass is 9.87. The summed E-state index contributed by atoms with van der Waals surface area (Å²) in [6.45, 7) is 6.38. The number of nitrogens with one attached hydrogen (secondary N) is 2. The minimum Gasteiger partial charge on any atom is -0.451 e. The van der Waals surface area contributed by atoms with Gasteiger partial charge in [0.25, 0.3) is 11.8 Å². The lowest BCUT2D eigenvalue weighted by Gasteiger charge is -2.19. The van der Waals surface area contributed by atoms with Gasteiger partial charge in [-0.05, 0) is 65.6 Å². The first-order valence-electron chi connectivity index (χ1n) is 10.9. The fourth-order valence-electron chi connectivity index (χ4n) is 3.45. The maximum atomic E-state index is 12.7. The van der Waals surface area contributed by atoms with E-state index in [2.05, 4.69) is 31.4 Å². The van der Waals surface area contributed by atoms with Crippen LogP contribution in [-0.2, 0) is 5.41 Å². The second-order valence-electron chi connectivity index (χ2n) is 8.99. The van der Waals surface area contributed by atoms with Crippen LogP contribution in [0.3, 0.4) is 0 Å². The lowest BCUT2D eigenvalue weighted by Crippen LogP contribution is -2.15. The Kier molecular flexibility index (Phi) is 6.57. The van der Waals surface area contributed by atoms with Crippen LogP contribution in [0.25, 0.3) is 11.3 Å². The number of furan rings is 1. The van der Waals surface area contributed by atoms with Crippen LogP contribution in [0.1, 0.15) is 47.2 Å². The Morgan fingerprint density at radius 3 is 2.06 bits per heavy atom. The van der Waals surface area contributed by atoms with Crippen LogP contribution < -0.4 is 10.6 Å². The molecule has 5 nitrogen and oxygen atoms in total. The van der Waals surface area contributed by atoms with E-state index in [0.29, 0.717) is 27.7 Å². The molecule has 34 heavy (non-hydrogen) atoms. The zero-order chi connectivity index (χ0) is 24.3. The highest BCUT2D eigenvalue weighted by molar-refractivity contribution is 6.30. The Balaban J connectivity index is 1.42. The van der Waals surface area contributed by atoms with E-state index in [1.807, 2.05) is 36.4 Å². The first kappa shape index (κ1) is 23.3. The molecule has 172 valence electrons. The Morgan fingerprint density at radius 2 is 1.41 bits per heavy atom. The van der Waals surface area contributed by atoms with E-state index in [-0.39, 0.29) is 17.1 Å². The second kappa shape index (κ2) is 9.57. The van der Waals surface area contributed by atoms with E-state index in [1.165, 1.54) is 0 Å². The third-order valence-electron chi connectivity index (χ3n) is 5.33. The fraction of sp³-hybridized carbons (Fsp3) is 0.143. The van der Waals surface area contributed by atoms with Crippen molar-refractivity contribution in [2.24, 2.45) is 0 Å². The number of carbonyl (C=O) groups excluding carboxylic acids is 2. The summed E-state index contributed by atoms with van der Waals surface area (Å²) in [4.78, 5) is 25.3. The molecule has 0 radical (unpaired) electrons. The van der Waals surface area contributed by atoms with Crippen molar-refractivity contribution in [1.82, 2.24) is 0 Å². The first-order valence-corrected chi connectivity index (χ1v) is 11.3. The summed E-state index contributed by atoms with van der Waals surface area (Å²) in [5.74, 6) is 0.102. The van der Waals surface area contributed by atoms with E-state index >= 15 is 0 Å². The molecule has 2 amide bonds. The predicted octanol–water partition coefficient (Wildman–Crippen LogP) is 7.40. The molecule has 4 aromatic rings. The van der Waals surface area contributed by atoms with Gasteiger partial charge >= 0.3 is 0 Å². The fourth-order valence-corrected chi connectivity index (χ4v) is 3.64. The predicted molar refractivity (Wildman–Crippen MR) is 137 cm³/mol. The molecule has 0 aliphatic heterocycles. The van der Waals surface area contributed by atoms with Crippen molar-refractivity contribution in [2.75, 3.05) is 10.6 Å². The normalized spacial score (nSPS) is 11.2. The molecule has 0 fully saturated rings. The van der Waals surface area contributed by atoms with Gasteiger partial charge in [-0.3, -0.25) is 9.59 Å². The maximum Gasteiger partial charge on any atom is 0.291 e. The van der Waals surface area contributed by atoms with Crippen LogP contribution in [0.5, 0.6) is 0 Å². The molecule has 3 aromatic carbocycles. The standard InChI is InChI=1S/C28H25ClN2O3/c1-28(2,3)20-12-10-18(11-13-20)26(32)30-22-8-5-9-23(17-22)31-27(33)25-15-14-24(34-25)19-6-4-7-21(29)16-19/h4-17H,1-3H3,(H,30,32)(H,31,33). The largest absolute Gasteiger partial charge is 0.451 e. The van der Waals surface area contributed by atoms with E-state index in [0.717, 1.165) is 11.1 Å². The van der Waals surface area contributed by atoms with Gasteiger partial charge in [-0.1, -0.05) is 62.7 Å². The van der Waals surface area contributed by atoms with Gasteiger partial charge in [0.15, 0.2) is 5.76 Å². The van der Waals surface area contributed by atoms with Crippen LogP contribution >= 0.6 is 11.6 Å². The minimum atomic E-state index is -0.394. The van der Waals surface area contributed by atoms with Crippen molar-refractivity contribution < 1.29 is 14.0 Å². The molecule has 0 atom stereocenters. The van der Waals surface area contributed by atoms with Crippen molar-refractivity contribution in [3.8, 4) is 11.3 Å². The van der Waals surface area contributed by atoms with Crippen LogP contribution in [0.2, 0.25) is 5.02 Å². The summed E-state index contributed by atoms with van der Waals surface area (Å²) < 4.78 is 5.70. The van der Waals surface area contributed by atoms with E-state index in [4.69, 9.17) is 16.0 Å². The molecule has 1 heterocycles. The molecule has 2 N–H and O–H groups in total. The van der Waals surface area contributed by atoms with Gasteiger partial charge in [-0.2, -0.15) is 0 Å². The Morgan fingerprint density at radius 1 is 0.765 bits per heavy atom. The van der Waals surface area contributed by atoms with Crippen molar-refractivity contribution >= 4 is 34.8 Å². The summed E-state index contributed by atoms with van der Waals surface area (Å²) in [6.07, 6.45) is 0. The summed E-state index contributed by atoms with van der Waals surface area (Å²) in [5.41, 5.74) is 3.63. The number of anilines is 2. The van der Waals surface area contributed by atoms with E-state index in [9.17, 15) is 9.59 Å². The van der Waals surface area contributed by atoms with Gasteiger partial charge in [0, 0.05) is 27.5 Å². The van der Waals surface area contributed by atoms with Crippen molar-refractivity contribution in [2.45, 2.75) is 26.2 Å². The number of rotatable bonds is 5. The van der Waals surface area contributed by atoms with Crippen LogP contribution in [-0.4, -0.2) is 11.8 Å². The van der Waals surface area contributed by atoms with Gasteiger partial charge in [0.05, 0.1) is 0 Å². The van der Waals surface area contributed by atoms with Crippen molar-refractivity contribution in [1.29, 1.82) is 0 Å². The zero-order valence-corrected chi connectivity index (χ0v) is 19.9. The highest BCUT2D eigenvalue weighted by Crippen LogP contribution is 2.26. The maximum absolute atomic E-state index is 12.7. The Bertz CT molecular complexity index is 1330. The summed E-state index contributed by atoms with van der Waals surface area (Å²) in [5, 5.41) is 6.26. The highest BCUT2D eigenvalue weighted by Gasteiger charge is 2.15. The number of amides is 2. The number of halogens is 1. The van der Waals surface area contributed by atoms with E-state index in [1.54, 1.807) is 48.5 Å². The molecule has 0 aliphatic rings. The van der Waals surface area contributed by atoms with Crippen molar-refractivity contribution in [3.63, 3.8) is 0 Å². The topological polar surface area (TPSA) is 71.3 Å².